The predicted molar refractivity (Wildman–Crippen MR) is 110 cm³/mol. The van der Waals surface area contributed by atoms with Crippen LogP contribution in [0.25, 0.3) is 11.3 Å². The summed E-state index contributed by atoms with van der Waals surface area (Å²) in [7, 11) is 0. The van der Waals surface area contributed by atoms with Crippen LogP contribution in [0, 0.1) is 5.82 Å². The van der Waals surface area contributed by atoms with E-state index < -0.39 is 5.25 Å². The first-order valence-corrected chi connectivity index (χ1v) is 10.1. The molecule has 1 amide bonds. The van der Waals surface area contributed by atoms with Gasteiger partial charge in [0.2, 0.25) is 5.91 Å². The zero-order chi connectivity index (χ0) is 20.5. The number of carbonyl (C=O) groups excluding carboxylic acids is 2. The minimum Gasteiger partial charge on any atom is -0.431 e. The molecule has 0 aliphatic carbocycles. The lowest BCUT2D eigenvalue weighted by molar-refractivity contribution is -0.116. The molecule has 1 aliphatic rings. The maximum Gasteiger partial charge on any atom is 0.256 e. The van der Waals surface area contributed by atoms with Crippen LogP contribution in [0.1, 0.15) is 29.8 Å². The van der Waals surface area contributed by atoms with Crippen molar-refractivity contribution in [3.05, 3.63) is 65.6 Å². The summed E-state index contributed by atoms with van der Waals surface area (Å²) in [6, 6.07) is 11.4. The van der Waals surface area contributed by atoms with Crippen molar-refractivity contribution in [1.82, 2.24) is 4.98 Å². The second-order valence-electron chi connectivity index (χ2n) is 6.89. The molecule has 1 aliphatic heterocycles. The molecule has 0 N–H and O–H groups in total. The van der Waals surface area contributed by atoms with Crippen molar-refractivity contribution in [2.45, 2.75) is 30.7 Å². The van der Waals surface area contributed by atoms with E-state index in [1.54, 1.807) is 36.2 Å². The van der Waals surface area contributed by atoms with Gasteiger partial charge in [-0.2, -0.15) is 0 Å². The molecule has 2 aromatic carbocycles. The number of thioether (sulfide) groups is 1. The van der Waals surface area contributed by atoms with Gasteiger partial charge in [0.15, 0.2) is 11.5 Å². The molecule has 29 heavy (non-hydrogen) atoms. The third-order valence-electron chi connectivity index (χ3n) is 4.90. The highest BCUT2D eigenvalue weighted by molar-refractivity contribution is 8.00. The number of nitrogens with zero attached hydrogens (tertiary/aromatic N) is 2. The minimum atomic E-state index is -0.391. The third-order valence-corrected chi connectivity index (χ3v) is 5.86. The van der Waals surface area contributed by atoms with Crippen LogP contribution in [0.4, 0.5) is 10.1 Å². The minimum absolute atomic E-state index is 0.00704. The molecule has 148 valence electrons. The Kier molecular flexibility index (Phi) is 5.24. The van der Waals surface area contributed by atoms with E-state index in [0.29, 0.717) is 23.1 Å². The molecule has 4 rings (SSSR count). The van der Waals surface area contributed by atoms with Crippen molar-refractivity contribution in [3.8, 4) is 11.3 Å². The maximum absolute atomic E-state index is 13.1. The van der Waals surface area contributed by atoms with Gasteiger partial charge >= 0.3 is 0 Å². The molecule has 0 saturated heterocycles. The van der Waals surface area contributed by atoms with Gasteiger partial charge in [0.1, 0.15) is 5.82 Å². The van der Waals surface area contributed by atoms with Crippen molar-refractivity contribution in [2.75, 3.05) is 11.4 Å². The molecule has 2 heterocycles. The van der Waals surface area contributed by atoms with Crippen molar-refractivity contribution < 1.29 is 18.4 Å². The van der Waals surface area contributed by atoms with Crippen molar-refractivity contribution in [2.24, 2.45) is 0 Å². The fraction of sp³-hybridized carbons (Fsp3) is 0.227. The Morgan fingerprint density at radius 2 is 1.97 bits per heavy atom. The van der Waals surface area contributed by atoms with Gasteiger partial charge in [-0.1, -0.05) is 11.8 Å². The Balaban J connectivity index is 1.47. The lowest BCUT2D eigenvalue weighted by atomic mass is 10.0. The number of hydrogen-bond donors (Lipinski definition) is 0. The molecule has 7 heteroatoms. The van der Waals surface area contributed by atoms with E-state index in [1.165, 1.54) is 23.9 Å². The summed E-state index contributed by atoms with van der Waals surface area (Å²) >= 11 is 1.24. The van der Waals surface area contributed by atoms with Crippen LogP contribution in [0.2, 0.25) is 0 Å². The van der Waals surface area contributed by atoms with E-state index in [0.717, 1.165) is 23.2 Å². The van der Waals surface area contributed by atoms with Gasteiger partial charge in [0, 0.05) is 30.3 Å². The monoisotopic (exact) mass is 410 g/mol. The summed E-state index contributed by atoms with van der Waals surface area (Å²) in [6.45, 7) is 4.00. The molecular formula is C22H19FN2O3S. The third kappa shape index (κ3) is 3.96. The zero-order valence-corrected chi connectivity index (χ0v) is 16.8. The molecule has 1 atom stereocenters. The molecule has 0 fully saturated rings. The number of fused-ring (bicyclic) bond motifs is 1. The molecule has 1 aromatic heterocycles. The number of anilines is 1. The predicted octanol–water partition coefficient (Wildman–Crippen LogP) is 4.75. The van der Waals surface area contributed by atoms with Crippen LogP contribution in [0.5, 0.6) is 0 Å². The summed E-state index contributed by atoms with van der Waals surface area (Å²) in [4.78, 5) is 30.5. The lowest BCUT2D eigenvalue weighted by Gasteiger charge is -2.15. The average molecular weight is 410 g/mol. The van der Waals surface area contributed by atoms with Crippen LogP contribution in [-0.4, -0.2) is 28.5 Å². The molecule has 0 bridgehead atoms. The number of ketones is 1. The SMILES string of the molecule is CC(=O)N1CCc2cc(C(=O)C(C)Sc3ncc(-c4ccc(F)cc4)o3)ccc21. The van der Waals surface area contributed by atoms with Gasteiger partial charge in [-0.3, -0.25) is 9.59 Å². The quantitative estimate of drug-likeness (QED) is 0.449. The van der Waals surface area contributed by atoms with Crippen LogP contribution in [-0.2, 0) is 11.2 Å². The Labute approximate surface area is 171 Å². The number of benzene rings is 2. The first kappa shape index (κ1) is 19.4. The smallest absolute Gasteiger partial charge is 0.256 e. The Morgan fingerprint density at radius 3 is 2.69 bits per heavy atom. The highest BCUT2D eigenvalue weighted by Gasteiger charge is 2.25. The normalized spacial score (nSPS) is 14.0. The van der Waals surface area contributed by atoms with Gasteiger partial charge in [0.05, 0.1) is 11.4 Å². The first-order chi connectivity index (χ1) is 13.9. The van der Waals surface area contributed by atoms with Gasteiger partial charge in [-0.15, -0.1) is 0 Å². The van der Waals surface area contributed by atoms with Gasteiger partial charge in [0.25, 0.3) is 5.22 Å². The lowest BCUT2D eigenvalue weighted by Crippen LogP contribution is -2.25. The van der Waals surface area contributed by atoms with Crippen LogP contribution in [0.3, 0.4) is 0 Å². The van der Waals surface area contributed by atoms with Crippen LogP contribution in [0.15, 0.2) is 58.3 Å². The molecule has 0 radical (unpaired) electrons. The number of oxazole rings is 1. The van der Waals surface area contributed by atoms with Gasteiger partial charge in [-0.25, -0.2) is 9.37 Å². The van der Waals surface area contributed by atoms with Crippen LogP contribution >= 0.6 is 11.8 Å². The van der Waals surface area contributed by atoms with Crippen molar-refractivity contribution >= 4 is 29.1 Å². The largest absolute Gasteiger partial charge is 0.431 e. The first-order valence-electron chi connectivity index (χ1n) is 9.26. The number of Topliss-reactive ketones (excluding diaryl/α,β-unsaturated/α-hetero) is 1. The van der Waals surface area contributed by atoms with E-state index in [2.05, 4.69) is 4.98 Å². The summed E-state index contributed by atoms with van der Waals surface area (Å²) in [5, 5.41) is -0.00725. The van der Waals surface area contributed by atoms with Crippen LogP contribution < -0.4 is 4.90 Å². The van der Waals surface area contributed by atoms with E-state index in [4.69, 9.17) is 4.42 Å². The number of aromatic nitrogens is 1. The molecule has 1 unspecified atom stereocenters. The summed E-state index contributed by atoms with van der Waals surface area (Å²) in [5.41, 5.74) is 3.22. The number of amides is 1. The molecule has 5 nitrogen and oxygen atoms in total. The standard InChI is InChI=1S/C22H19FN2O3S/c1-13(29-22-24-12-20(28-22)15-3-6-18(23)7-4-15)21(27)17-5-8-19-16(11-17)9-10-25(19)14(2)26/h3-8,11-13H,9-10H2,1-2H3. The average Bonchev–Trinajstić information content (AvgIpc) is 3.34. The summed E-state index contributed by atoms with van der Waals surface area (Å²) in [5.74, 6) is 0.185. The Bertz CT molecular complexity index is 1080. The van der Waals surface area contributed by atoms with Crippen molar-refractivity contribution in [1.29, 1.82) is 0 Å². The van der Waals surface area contributed by atoms with Gasteiger partial charge in [-0.05, 0) is 61.4 Å². The summed E-state index contributed by atoms with van der Waals surface area (Å²) < 4.78 is 18.8. The molecule has 0 saturated carbocycles. The zero-order valence-electron chi connectivity index (χ0n) is 16.0. The molecular weight excluding hydrogens is 391 g/mol. The number of halogens is 1. The van der Waals surface area contributed by atoms with E-state index in [-0.39, 0.29) is 17.5 Å². The highest BCUT2D eigenvalue weighted by Crippen LogP contribution is 2.32. The van der Waals surface area contributed by atoms with Gasteiger partial charge < -0.3 is 9.32 Å². The Hall–Kier alpha value is -2.93. The number of rotatable bonds is 5. The van der Waals surface area contributed by atoms with E-state index in [1.807, 2.05) is 19.1 Å². The summed E-state index contributed by atoms with van der Waals surface area (Å²) in [6.07, 6.45) is 2.32. The Morgan fingerprint density at radius 1 is 1.21 bits per heavy atom. The maximum atomic E-state index is 13.1. The topological polar surface area (TPSA) is 63.4 Å². The van der Waals surface area contributed by atoms with E-state index >= 15 is 0 Å². The molecule has 0 spiro atoms. The fourth-order valence-corrected chi connectivity index (χ4v) is 4.18. The molecule has 3 aromatic rings. The fourth-order valence-electron chi connectivity index (χ4n) is 3.38. The number of carbonyl (C=O) groups is 2. The number of hydrogen-bond acceptors (Lipinski definition) is 5. The second-order valence-corrected chi connectivity index (χ2v) is 8.18. The second kappa shape index (κ2) is 7.83. The van der Waals surface area contributed by atoms with E-state index in [9.17, 15) is 14.0 Å². The van der Waals surface area contributed by atoms with Crippen molar-refractivity contribution in [3.63, 3.8) is 0 Å². The highest BCUT2D eigenvalue weighted by atomic mass is 32.2.